The molecule has 1 aliphatic rings. The van der Waals surface area contributed by atoms with Crippen LogP contribution in [-0.4, -0.2) is 40.9 Å². The van der Waals surface area contributed by atoms with Gasteiger partial charge in [-0.25, -0.2) is 9.18 Å². The minimum absolute atomic E-state index is 0.101. The Morgan fingerprint density at radius 2 is 2.14 bits per heavy atom. The Morgan fingerprint density at radius 3 is 2.68 bits per heavy atom. The first kappa shape index (κ1) is 17.0. The van der Waals surface area contributed by atoms with Crippen molar-refractivity contribution in [3.8, 4) is 0 Å². The molecule has 2 atom stereocenters. The SMILES string of the molecule is CC(C)(C)OC(=O)N1CCC(c2c(F)cccc2Cl)C(O)C1. The summed E-state index contributed by atoms with van der Waals surface area (Å²) in [7, 11) is 0. The van der Waals surface area contributed by atoms with Gasteiger partial charge in [0.1, 0.15) is 11.4 Å². The number of carbonyl (C=O) groups excluding carboxylic acids is 1. The normalized spacial score (nSPS) is 22.5. The molecule has 1 N–H and O–H groups in total. The number of nitrogens with zero attached hydrogens (tertiary/aromatic N) is 1. The van der Waals surface area contributed by atoms with E-state index in [0.29, 0.717) is 23.6 Å². The Kier molecular flexibility index (Phi) is 4.97. The number of aliphatic hydroxyl groups excluding tert-OH is 1. The van der Waals surface area contributed by atoms with Crippen LogP contribution in [0.4, 0.5) is 9.18 Å². The van der Waals surface area contributed by atoms with Crippen LogP contribution < -0.4 is 0 Å². The van der Waals surface area contributed by atoms with Crippen LogP contribution in [0.2, 0.25) is 5.02 Å². The van der Waals surface area contributed by atoms with Crippen LogP contribution in [0.5, 0.6) is 0 Å². The van der Waals surface area contributed by atoms with E-state index in [9.17, 15) is 14.3 Å². The van der Waals surface area contributed by atoms with Crippen LogP contribution in [0.25, 0.3) is 0 Å². The zero-order valence-electron chi connectivity index (χ0n) is 13.0. The molecule has 4 nitrogen and oxygen atoms in total. The van der Waals surface area contributed by atoms with Gasteiger partial charge < -0.3 is 14.7 Å². The number of hydrogen-bond donors (Lipinski definition) is 1. The Morgan fingerprint density at radius 1 is 1.45 bits per heavy atom. The molecule has 0 bridgehead atoms. The van der Waals surface area contributed by atoms with E-state index in [-0.39, 0.29) is 6.54 Å². The van der Waals surface area contributed by atoms with Gasteiger partial charge in [-0.1, -0.05) is 17.7 Å². The summed E-state index contributed by atoms with van der Waals surface area (Å²) in [6.45, 7) is 5.85. The molecule has 0 saturated carbocycles. The van der Waals surface area contributed by atoms with Crippen molar-refractivity contribution in [3.63, 3.8) is 0 Å². The second-order valence-electron chi connectivity index (χ2n) is 6.52. The third-order valence-electron chi connectivity index (χ3n) is 3.60. The molecule has 0 aliphatic carbocycles. The van der Waals surface area contributed by atoms with Crippen molar-refractivity contribution in [2.75, 3.05) is 13.1 Å². The molecule has 0 aromatic heterocycles. The van der Waals surface area contributed by atoms with E-state index in [2.05, 4.69) is 0 Å². The second-order valence-corrected chi connectivity index (χ2v) is 6.93. The number of ether oxygens (including phenoxy) is 1. The number of benzene rings is 1. The second kappa shape index (κ2) is 6.42. The Balaban J connectivity index is 2.09. The molecule has 1 aromatic carbocycles. The first-order valence-electron chi connectivity index (χ1n) is 7.29. The fourth-order valence-electron chi connectivity index (χ4n) is 2.63. The summed E-state index contributed by atoms with van der Waals surface area (Å²) in [5.41, 5.74) is -0.270. The number of halogens is 2. The highest BCUT2D eigenvalue weighted by Gasteiger charge is 2.35. The van der Waals surface area contributed by atoms with Crippen LogP contribution in [0.3, 0.4) is 0 Å². The van der Waals surface area contributed by atoms with E-state index in [1.54, 1.807) is 26.8 Å². The van der Waals surface area contributed by atoms with Crippen molar-refractivity contribution in [2.45, 2.75) is 44.8 Å². The fraction of sp³-hybridized carbons (Fsp3) is 0.562. The quantitative estimate of drug-likeness (QED) is 0.857. The molecule has 6 heteroatoms. The number of piperidine rings is 1. The summed E-state index contributed by atoms with van der Waals surface area (Å²) >= 11 is 6.06. The number of amides is 1. The fourth-order valence-corrected chi connectivity index (χ4v) is 2.93. The van der Waals surface area contributed by atoms with Crippen molar-refractivity contribution >= 4 is 17.7 Å². The molecule has 1 saturated heterocycles. The van der Waals surface area contributed by atoms with Crippen molar-refractivity contribution < 1.29 is 19.0 Å². The Hall–Kier alpha value is -1.33. The standard InChI is InChI=1S/C16H21ClFNO3/c1-16(2,3)22-15(21)19-8-7-10(13(20)9-19)14-11(17)5-4-6-12(14)18/h4-6,10,13,20H,7-9H2,1-3H3. The lowest BCUT2D eigenvalue weighted by Gasteiger charge is -2.37. The molecule has 0 spiro atoms. The Bertz CT molecular complexity index is 539. The smallest absolute Gasteiger partial charge is 0.410 e. The first-order valence-corrected chi connectivity index (χ1v) is 7.67. The molecular weight excluding hydrogens is 309 g/mol. The molecule has 2 rings (SSSR count). The number of rotatable bonds is 1. The third kappa shape index (κ3) is 3.90. The van der Waals surface area contributed by atoms with E-state index in [1.165, 1.54) is 17.0 Å². The van der Waals surface area contributed by atoms with Gasteiger partial charge in [0.15, 0.2) is 0 Å². The third-order valence-corrected chi connectivity index (χ3v) is 3.93. The van der Waals surface area contributed by atoms with Gasteiger partial charge in [-0.05, 0) is 39.3 Å². The van der Waals surface area contributed by atoms with E-state index < -0.39 is 29.5 Å². The summed E-state index contributed by atoms with van der Waals surface area (Å²) in [5.74, 6) is -0.852. The predicted octanol–water partition coefficient (Wildman–Crippen LogP) is 3.56. The lowest BCUT2D eigenvalue weighted by Crippen LogP contribution is -2.47. The van der Waals surface area contributed by atoms with Crippen molar-refractivity contribution in [1.29, 1.82) is 0 Å². The number of carbonyl (C=O) groups is 1. The minimum Gasteiger partial charge on any atom is -0.444 e. The van der Waals surface area contributed by atoms with Gasteiger partial charge in [0.2, 0.25) is 0 Å². The van der Waals surface area contributed by atoms with E-state index in [0.717, 1.165) is 0 Å². The minimum atomic E-state index is -0.879. The molecule has 1 aromatic rings. The maximum atomic E-state index is 14.0. The predicted molar refractivity (Wildman–Crippen MR) is 82.6 cm³/mol. The molecule has 2 unspecified atom stereocenters. The van der Waals surface area contributed by atoms with Crippen LogP contribution in [0, 0.1) is 5.82 Å². The lowest BCUT2D eigenvalue weighted by atomic mass is 9.87. The summed E-state index contributed by atoms with van der Waals surface area (Å²) < 4.78 is 19.3. The Labute approximate surface area is 134 Å². The molecule has 1 fully saturated rings. The lowest BCUT2D eigenvalue weighted by molar-refractivity contribution is -0.00178. The van der Waals surface area contributed by atoms with Crippen LogP contribution >= 0.6 is 11.6 Å². The summed E-state index contributed by atoms with van der Waals surface area (Å²) in [6, 6.07) is 4.46. The zero-order chi connectivity index (χ0) is 16.5. The van der Waals surface area contributed by atoms with E-state index >= 15 is 0 Å². The average molecular weight is 330 g/mol. The number of β-amino-alcohol motifs (C(OH)–C–C–N with tert-alkyl or cyclic N) is 1. The molecule has 0 radical (unpaired) electrons. The van der Waals surface area contributed by atoms with Crippen molar-refractivity contribution in [2.24, 2.45) is 0 Å². The average Bonchev–Trinajstić information content (AvgIpc) is 2.38. The van der Waals surface area contributed by atoms with Gasteiger partial charge in [0.25, 0.3) is 0 Å². The highest BCUT2D eigenvalue weighted by molar-refractivity contribution is 6.31. The van der Waals surface area contributed by atoms with Crippen LogP contribution in [-0.2, 0) is 4.74 Å². The zero-order valence-corrected chi connectivity index (χ0v) is 13.7. The van der Waals surface area contributed by atoms with Gasteiger partial charge in [-0.15, -0.1) is 0 Å². The largest absolute Gasteiger partial charge is 0.444 e. The molecule has 1 amide bonds. The molecule has 1 aliphatic heterocycles. The van der Waals surface area contributed by atoms with Gasteiger partial charge in [0.05, 0.1) is 12.6 Å². The molecule has 1 heterocycles. The molecule has 122 valence electrons. The maximum Gasteiger partial charge on any atom is 0.410 e. The summed E-state index contributed by atoms with van der Waals surface area (Å²) in [4.78, 5) is 13.5. The van der Waals surface area contributed by atoms with Gasteiger partial charge in [0, 0.05) is 23.0 Å². The van der Waals surface area contributed by atoms with Crippen LogP contribution in [0.1, 0.15) is 38.7 Å². The van der Waals surface area contributed by atoms with Crippen molar-refractivity contribution in [1.82, 2.24) is 4.90 Å². The van der Waals surface area contributed by atoms with Crippen molar-refractivity contribution in [3.05, 3.63) is 34.6 Å². The highest BCUT2D eigenvalue weighted by atomic mass is 35.5. The number of aliphatic hydroxyl groups is 1. The summed E-state index contributed by atoms with van der Waals surface area (Å²) in [5, 5.41) is 10.6. The topological polar surface area (TPSA) is 49.8 Å². The first-order chi connectivity index (χ1) is 10.2. The highest BCUT2D eigenvalue weighted by Crippen LogP contribution is 2.35. The number of hydrogen-bond acceptors (Lipinski definition) is 3. The monoisotopic (exact) mass is 329 g/mol. The molecular formula is C16H21ClFNO3. The summed E-state index contributed by atoms with van der Waals surface area (Å²) in [6.07, 6.45) is -0.915. The van der Waals surface area contributed by atoms with Gasteiger partial charge in [-0.3, -0.25) is 0 Å². The molecule has 22 heavy (non-hydrogen) atoms. The van der Waals surface area contributed by atoms with Gasteiger partial charge in [-0.2, -0.15) is 0 Å². The van der Waals surface area contributed by atoms with Gasteiger partial charge >= 0.3 is 6.09 Å². The maximum absolute atomic E-state index is 14.0. The van der Waals surface area contributed by atoms with Crippen LogP contribution in [0.15, 0.2) is 18.2 Å². The number of likely N-dealkylation sites (tertiary alicyclic amines) is 1. The van der Waals surface area contributed by atoms with E-state index in [4.69, 9.17) is 16.3 Å². The van der Waals surface area contributed by atoms with E-state index in [1.807, 2.05) is 0 Å².